The fourth-order valence-electron chi connectivity index (χ4n) is 2.42. The zero-order valence-corrected chi connectivity index (χ0v) is 15.0. The van der Waals surface area contributed by atoms with Gasteiger partial charge in [0.1, 0.15) is 9.84 Å². The molecule has 1 aliphatic rings. The summed E-state index contributed by atoms with van der Waals surface area (Å²) in [5.74, 6) is 1.97. The van der Waals surface area contributed by atoms with Gasteiger partial charge in [-0.25, -0.2) is 8.42 Å². The lowest BCUT2D eigenvalue weighted by Gasteiger charge is -2.34. The molecule has 1 fully saturated rings. The average Bonchev–Trinajstić information content (AvgIpc) is 2.38. The normalized spacial score (nSPS) is 18.9. The minimum Gasteiger partial charge on any atom is -0.356 e. The summed E-state index contributed by atoms with van der Waals surface area (Å²) in [7, 11) is -1.09. The molecule has 21 heavy (non-hydrogen) atoms. The third kappa shape index (κ3) is 7.16. The largest absolute Gasteiger partial charge is 0.356 e. The Morgan fingerprint density at radius 2 is 1.90 bits per heavy atom. The highest BCUT2D eigenvalue weighted by Crippen LogP contribution is 2.20. The number of hydrogen-bond donors (Lipinski definition) is 1. The van der Waals surface area contributed by atoms with Crippen LogP contribution in [0.25, 0.3) is 0 Å². The van der Waals surface area contributed by atoms with Crippen molar-refractivity contribution in [1.82, 2.24) is 10.2 Å². The Labute approximate surface area is 130 Å². The minimum absolute atomic E-state index is 0.0674. The summed E-state index contributed by atoms with van der Waals surface area (Å²) in [4.78, 5) is 6.66. The van der Waals surface area contributed by atoms with E-state index in [4.69, 9.17) is 0 Å². The predicted molar refractivity (Wildman–Crippen MR) is 89.4 cm³/mol. The third-order valence-corrected chi connectivity index (χ3v) is 5.12. The number of nitrogens with zero attached hydrogens (tertiary/aromatic N) is 2. The Morgan fingerprint density at radius 1 is 1.33 bits per heavy atom. The second kappa shape index (κ2) is 7.47. The zero-order chi connectivity index (χ0) is 16.1. The molecule has 1 N–H and O–H groups in total. The number of sulfone groups is 1. The summed E-state index contributed by atoms with van der Waals surface area (Å²) in [6, 6.07) is 0. The molecular weight excluding hydrogens is 286 g/mol. The van der Waals surface area contributed by atoms with Crippen molar-refractivity contribution in [2.75, 3.05) is 38.7 Å². The van der Waals surface area contributed by atoms with Crippen molar-refractivity contribution in [3.63, 3.8) is 0 Å². The first-order chi connectivity index (χ1) is 9.63. The van der Waals surface area contributed by atoms with Gasteiger partial charge in [-0.1, -0.05) is 20.8 Å². The molecule has 0 radical (unpaired) electrons. The summed E-state index contributed by atoms with van der Waals surface area (Å²) in [5.41, 5.74) is -0.0674. The number of guanidine groups is 1. The second-order valence-corrected chi connectivity index (χ2v) is 9.37. The fourth-order valence-corrected chi connectivity index (χ4v) is 3.34. The Morgan fingerprint density at radius 3 is 2.38 bits per heavy atom. The van der Waals surface area contributed by atoms with Gasteiger partial charge in [-0.2, -0.15) is 0 Å². The van der Waals surface area contributed by atoms with Crippen LogP contribution in [0, 0.1) is 11.3 Å². The second-order valence-electron chi connectivity index (χ2n) is 7.11. The smallest absolute Gasteiger partial charge is 0.193 e. The van der Waals surface area contributed by atoms with E-state index >= 15 is 0 Å². The molecule has 0 aliphatic carbocycles. The van der Waals surface area contributed by atoms with Crippen molar-refractivity contribution in [2.45, 2.75) is 40.0 Å². The van der Waals surface area contributed by atoms with Crippen LogP contribution in [-0.4, -0.2) is 58.0 Å². The molecule has 1 aliphatic heterocycles. The van der Waals surface area contributed by atoms with Crippen molar-refractivity contribution < 1.29 is 8.42 Å². The van der Waals surface area contributed by atoms with Gasteiger partial charge in [0.25, 0.3) is 0 Å². The van der Waals surface area contributed by atoms with Gasteiger partial charge in [-0.15, -0.1) is 0 Å². The summed E-state index contributed by atoms with van der Waals surface area (Å²) in [6.07, 6.45) is 4.37. The average molecular weight is 317 g/mol. The van der Waals surface area contributed by atoms with Crippen molar-refractivity contribution in [2.24, 2.45) is 16.3 Å². The van der Waals surface area contributed by atoms with Gasteiger partial charge in [0.2, 0.25) is 0 Å². The number of aliphatic imine (C=N–C) groups is 1. The van der Waals surface area contributed by atoms with E-state index in [1.54, 1.807) is 0 Å². The lowest BCUT2D eigenvalue weighted by molar-refractivity contribution is 0.267. The summed E-state index contributed by atoms with van der Waals surface area (Å²) >= 11 is 0. The van der Waals surface area contributed by atoms with Crippen LogP contribution in [0.4, 0.5) is 0 Å². The van der Waals surface area contributed by atoms with Gasteiger partial charge in [0.15, 0.2) is 5.96 Å². The summed E-state index contributed by atoms with van der Waals surface area (Å²) < 4.78 is 22.6. The van der Waals surface area contributed by atoms with Crippen LogP contribution in [0.2, 0.25) is 0 Å². The molecule has 0 aromatic carbocycles. The van der Waals surface area contributed by atoms with Crippen LogP contribution < -0.4 is 5.32 Å². The number of hydrogen-bond acceptors (Lipinski definition) is 3. The van der Waals surface area contributed by atoms with E-state index in [1.807, 2.05) is 7.05 Å². The van der Waals surface area contributed by atoms with Gasteiger partial charge in [0.05, 0.1) is 5.75 Å². The molecule has 0 saturated carbocycles. The fraction of sp³-hybridized carbons (Fsp3) is 0.933. The minimum atomic E-state index is -2.90. The van der Waals surface area contributed by atoms with Crippen LogP contribution in [0.15, 0.2) is 4.99 Å². The molecule has 1 saturated heterocycles. The topological polar surface area (TPSA) is 61.8 Å². The molecule has 1 heterocycles. The molecule has 0 spiro atoms. The monoisotopic (exact) mass is 317 g/mol. The highest BCUT2D eigenvalue weighted by atomic mass is 32.2. The van der Waals surface area contributed by atoms with Crippen LogP contribution in [-0.2, 0) is 9.84 Å². The maximum absolute atomic E-state index is 11.3. The van der Waals surface area contributed by atoms with E-state index in [2.05, 4.69) is 36.0 Å². The molecule has 0 unspecified atom stereocenters. The van der Waals surface area contributed by atoms with E-state index in [0.717, 1.165) is 31.5 Å². The van der Waals surface area contributed by atoms with Crippen molar-refractivity contribution in [3.05, 3.63) is 0 Å². The standard InChI is InChI=1S/C15H31N3O2S/c1-13-6-9-18(10-7-13)14(16-4)17-12-15(2,3)8-11-21(5,19)20/h13H,6-12H2,1-5H3,(H,16,17). The molecule has 0 amide bonds. The molecule has 124 valence electrons. The van der Waals surface area contributed by atoms with E-state index < -0.39 is 9.84 Å². The van der Waals surface area contributed by atoms with E-state index in [-0.39, 0.29) is 11.2 Å². The third-order valence-electron chi connectivity index (χ3n) is 4.17. The van der Waals surface area contributed by atoms with Crippen molar-refractivity contribution >= 4 is 15.8 Å². The molecule has 0 aromatic rings. The van der Waals surface area contributed by atoms with Crippen LogP contribution in [0.1, 0.15) is 40.0 Å². The lowest BCUT2D eigenvalue weighted by atomic mass is 9.90. The van der Waals surface area contributed by atoms with Crippen LogP contribution in [0.3, 0.4) is 0 Å². The maximum Gasteiger partial charge on any atom is 0.193 e. The maximum atomic E-state index is 11.3. The summed E-state index contributed by atoms with van der Waals surface area (Å²) in [5, 5.41) is 3.41. The van der Waals surface area contributed by atoms with Gasteiger partial charge < -0.3 is 10.2 Å². The molecule has 1 rings (SSSR count). The number of piperidine rings is 1. The summed E-state index contributed by atoms with van der Waals surface area (Å²) in [6.45, 7) is 9.31. The highest BCUT2D eigenvalue weighted by molar-refractivity contribution is 7.90. The lowest BCUT2D eigenvalue weighted by Crippen LogP contribution is -2.47. The molecule has 0 aromatic heterocycles. The number of rotatable bonds is 5. The Balaban J connectivity index is 2.47. The Kier molecular flexibility index (Phi) is 6.50. The molecule has 6 heteroatoms. The molecule has 0 bridgehead atoms. The van der Waals surface area contributed by atoms with Gasteiger partial charge in [0, 0.05) is 32.9 Å². The van der Waals surface area contributed by atoms with E-state index in [1.165, 1.54) is 19.1 Å². The van der Waals surface area contributed by atoms with E-state index in [9.17, 15) is 8.42 Å². The van der Waals surface area contributed by atoms with Gasteiger partial charge in [-0.3, -0.25) is 4.99 Å². The van der Waals surface area contributed by atoms with Gasteiger partial charge in [-0.05, 0) is 30.6 Å². The quantitative estimate of drug-likeness (QED) is 0.620. The Hall–Kier alpha value is -0.780. The van der Waals surface area contributed by atoms with Gasteiger partial charge >= 0.3 is 0 Å². The molecule has 5 nitrogen and oxygen atoms in total. The van der Waals surface area contributed by atoms with Crippen LogP contribution in [0.5, 0.6) is 0 Å². The van der Waals surface area contributed by atoms with E-state index in [0.29, 0.717) is 6.42 Å². The Bertz CT molecular complexity index is 450. The first-order valence-corrected chi connectivity index (χ1v) is 9.82. The SMILES string of the molecule is CN=C(NCC(C)(C)CCS(C)(=O)=O)N1CCC(C)CC1. The van der Waals surface area contributed by atoms with Crippen molar-refractivity contribution in [1.29, 1.82) is 0 Å². The first kappa shape index (κ1) is 18.3. The highest BCUT2D eigenvalue weighted by Gasteiger charge is 2.23. The van der Waals surface area contributed by atoms with Crippen molar-refractivity contribution in [3.8, 4) is 0 Å². The number of likely N-dealkylation sites (tertiary alicyclic amines) is 1. The number of nitrogens with one attached hydrogen (secondary N) is 1. The van der Waals surface area contributed by atoms with Crippen LogP contribution >= 0.6 is 0 Å². The zero-order valence-electron chi connectivity index (χ0n) is 14.1. The molecule has 0 atom stereocenters. The molecular formula is C15H31N3O2S. The first-order valence-electron chi connectivity index (χ1n) is 7.76. The predicted octanol–water partition coefficient (Wildman–Crippen LogP) is 1.75.